The van der Waals surface area contributed by atoms with Crippen LogP contribution in [0.3, 0.4) is 0 Å². The first-order valence-corrected chi connectivity index (χ1v) is 12.1. The van der Waals surface area contributed by atoms with E-state index < -0.39 is 0 Å². The first-order valence-electron chi connectivity index (χ1n) is 5.07. The van der Waals surface area contributed by atoms with Crippen molar-refractivity contribution in [2.24, 2.45) is 0 Å². The van der Waals surface area contributed by atoms with E-state index in [9.17, 15) is 0 Å². The maximum absolute atomic E-state index is 2.31. The molecule has 16 heavy (non-hydrogen) atoms. The Labute approximate surface area is 111 Å². The zero-order chi connectivity index (χ0) is 10.8. The number of hydrogen-bond donors (Lipinski definition) is 0. The average Bonchev–Trinajstić information content (AvgIpc) is 2.74. The molecule has 1 aliphatic heterocycles. The SMILES string of the molecule is c1ccc(SC2[Se][Se]c3ccccc32)cc1. The summed E-state index contributed by atoms with van der Waals surface area (Å²) in [7, 11) is 0. The van der Waals surface area contributed by atoms with Crippen LogP contribution in [0.2, 0.25) is 0 Å². The van der Waals surface area contributed by atoms with E-state index in [4.69, 9.17) is 0 Å². The molecular weight excluding hydrogens is 346 g/mol. The van der Waals surface area contributed by atoms with Gasteiger partial charge in [-0.05, 0) is 0 Å². The molecular formula is C13H10SSe2. The Morgan fingerprint density at radius 3 is 2.50 bits per heavy atom. The van der Waals surface area contributed by atoms with Gasteiger partial charge in [0.25, 0.3) is 0 Å². The van der Waals surface area contributed by atoms with E-state index >= 15 is 0 Å². The van der Waals surface area contributed by atoms with Crippen LogP contribution in [0.4, 0.5) is 0 Å². The Morgan fingerprint density at radius 1 is 0.875 bits per heavy atom. The van der Waals surface area contributed by atoms with Crippen molar-refractivity contribution in [1.82, 2.24) is 0 Å². The third-order valence-electron chi connectivity index (χ3n) is 2.38. The van der Waals surface area contributed by atoms with Gasteiger partial charge in [-0.2, -0.15) is 0 Å². The molecule has 0 aliphatic carbocycles. The predicted octanol–water partition coefficient (Wildman–Crippen LogP) is 2.44. The van der Waals surface area contributed by atoms with Gasteiger partial charge in [0.15, 0.2) is 0 Å². The zero-order valence-corrected chi connectivity index (χ0v) is 12.7. The van der Waals surface area contributed by atoms with E-state index in [1.807, 2.05) is 11.8 Å². The van der Waals surface area contributed by atoms with Gasteiger partial charge in [0.1, 0.15) is 0 Å². The number of rotatable bonds is 2. The Kier molecular flexibility index (Phi) is 3.42. The van der Waals surface area contributed by atoms with E-state index in [0.29, 0.717) is 0 Å². The van der Waals surface area contributed by atoms with Gasteiger partial charge in [0.2, 0.25) is 0 Å². The van der Waals surface area contributed by atoms with Gasteiger partial charge in [-0.1, -0.05) is 0 Å². The molecule has 0 fully saturated rings. The van der Waals surface area contributed by atoms with Crippen molar-refractivity contribution in [3.63, 3.8) is 0 Å². The standard InChI is InChI=1S/C13H10SSe2/c1-2-6-10(7-3-1)14-13-11-8-4-5-9-12(11)15-16-13/h1-9,13H. The molecule has 0 bridgehead atoms. The second-order valence-corrected chi connectivity index (χ2v) is 11.9. The van der Waals surface area contributed by atoms with Crippen LogP contribution < -0.4 is 4.46 Å². The summed E-state index contributed by atoms with van der Waals surface area (Å²) in [6, 6.07) is 19.7. The molecule has 80 valence electrons. The second kappa shape index (κ2) is 4.99. The van der Waals surface area contributed by atoms with Crippen molar-refractivity contribution in [1.29, 1.82) is 0 Å². The Bertz CT molecular complexity index is 484. The van der Waals surface area contributed by atoms with Crippen molar-refractivity contribution in [2.45, 2.75) is 9.04 Å². The minimum atomic E-state index is 0.742. The zero-order valence-electron chi connectivity index (χ0n) is 8.50. The van der Waals surface area contributed by atoms with Gasteiger partial charge in [-0.3, -0.25) is 0 Å². The molecule has 0 radical (unpaired) electrons. The molecule has 0 saturated carbocycles. The van der Waals surface area contributed by atoms with E-state index in [-0.39, 0.29) is 0 Å². The van der Waals surface area contributed by atoms with Crippen LogP contribution in [0.15, 0.2) is 59.5 Å². The van der Waals surface area contributed by atoms with Gasteiger partial charge in [0, 0.05) is 0 Å². The summed E-state index contributed by atoms with van der Waals surface area (Å²) in [6.07, 6.45) is 0. The number of thioether (sulfide) groups is 1. The topological polar surface area (TPSA) is 0 Å². The number of benzene rings is 2. The monoisotopic (exact) mass is 358 g/mol. The van der Waals surface area contributed by atoms with Crippen LogP contribution >= 0.6 is 11.8 Å². The fraction of sp³-hybridized carbons (Fsp3) is 0.0769. The Hall–Kier alpha value is -0.171. The second-order valence-electron chi connectivity index (χ2n) is 3.48. The molecule has 2 aromatic rings. The maximum atomic E-state index is 2.31. The van der Waals surface area contributed by atoms with Gasteiger partial charge in [0.05, 0.1) is 0 Å². The summed E-state index contributed by atoms with van der Waals surface area (Å²) in [4.78, 5) is 1.40. The molecule has 0 saturated heterocycles. The average molecular weight is 356 g/mol. The van der Waals surface area contributed by atoms with E-state index in [2.05, 4.69) is 54.6 Å². The molecule has 0 amide bonds. The van der Waals surface area contributed by atoms with Crippen molar-refractivity contribution in [3.8, 4) is 0 Å². The molecule has 1 aliphatic rings. The van der Waals surface area contributed by atoms with Crippen molar-refractivity contribution in [2.75, 3.05) is 0 Å². The molecule has 1 heterocycles. The number of fused-ring (bicyclic) bond motifs is 1. The summed E-state index contributed by atoms with van der Waals surface area (Å²) in [5.41, 5.74) is 1.59. The minimum absolute atomic E-state index is 0.742. The van der Waals surface area contributed by atoms with Gasteiger partial charge < -0.3 is 0 Å². The third kappa shape index (κ3) is 2.25. The van der Waals surface area contributed by atoms with Gasteiger partial charge in [-0.15, -0.1) is 0 Å². The fourth-order valence-corrected chi connectivity index (χ4v) is 13.2. The molecule has 0 N–H and O–H groups in total. The summed E-state index contributed by atoms with van der Waals surface area (Å²) < 4.78 is 2.37. The van der Waals surface area contributed by atoms with Crippen LogP contribution in [0, 0.1) is 0 Å². The van der Waals surface area contributed by atoms with Crippen LogP contribution in [0.5, 0.6) is 0 Å². The van der Waals surface area contributed by atoms with Crippen molar-refractivity contribution in [3.05, 3.63) is 60.2 Å². The number of hydrogen-bond acceptors (Lipinski definition) is 1. The van der Waals surface area contributed by atoms with Gasteiger partial charge >= 0.3 is 112 Å². The molecule has 2 aromatic carbocycles. The molecule has 0 nitrogen and oxygen atoms in total. The Morgan fingerprint density at radius 2 is 1.62 bits per heavy atom. The van der Waals surface area contributed by atoms with Crippen LogP contribution in [0.25, 0.3) is 0 Å². The molecule has 0 aromatic heterocycles. The first-order chi connectivity index (χ1) is 7.93. The van der Waals surface area contributed by atoms with E-state index in [1.54, 1.807) is 10.0 Å². The summed E-state index contributed by atoms with van der Waals surface area (Å²) in [5.74, 6) is 0. The van der Waals surface area contributed by atoms with Crippen LogP contribution in [-0.4, -0.2) is 26.3 Å². The van der Waals surface area contributed by atoms with Crippen LogP contribution in [-0.2, 0) is 0 Å². The normalized spacial score (nSPS) is 18.4. The third-order valence-corrected chi connectivity index (χ3v) is 13.3. The summed E-state index contributed by atoms with van der Waals surface area (Å²) >= 11 is 3.56. The first kappa shape index (κ1) is 11.0. The molecule has 3 rings (SSSR count). The van der Waals surface area contributed by atoms with Crippen molar-refractivity contribution < 1.29 is 0 Å². The Balaban J connectivity index is 1.84. The molecule has 1 unspecified atom stereocenters. The predicted molar refractivity (Wildman–Crippen MR) is 72.6 cm³/mol. The quantitative estimate of drug-likeness (QED) is 0.745. The van der Waals surface area contributed by atoms with Gasteiger partial charge in [-0.25, -0.2) is 0 Å². The van der Waals surface area contributed by atoms with E-state index in [1.165, 1.54) is 4.90 Å². The molecule has 3 heteroatoms. The molecule has 0 spiro atoms. The van der Waals surface area contributed by atoms with E-state index in [0.717, 1.165) is 30.4 Å². The summed E-state index contributed by atoms with van der Waals surface area (Å²) in [6.45, 7) is 0. The van der Waals surface area contributed by atoms with Crippen molar-refractivity contribution >= 4 is 42.5 Å². The van der Waals surface area contributed by atoms with Crippen LogP contribution in [0.1, 0.15) is 9.71 Å². The molecule has 1 atom stereocenters. The fourth-order valence-electron chi connectivity index (χ4n) is 1.60. The summed E-state index contributed by atoms with van der Waals surface area (Å²) in [5, 5.41) is 0.